The second-order valence-electron chi connectivity index (χ2n) is 4.94. The van der Waals surface area contributed by atoms with Crippen molar-refractivity contribution in [2.75, 3.05) is 13.2 Å². The summed E-state index contributed by atoms with van der Waals surface area (Å²) >= 11 is 0. The lowest BCUT2D eigenvalue weighted by atomic mass is 9.88. The first-order chi connectivity index (χ1) is 8.90. The maximum absolute atomic E-state index is 9.51. The summed E-state index contributed by atoms with van der Waals surface area (Å²) < 4.78 is 5.92. The molecule has 1 aliphatic heterocycles. The molecule has 2 atom stereocenters. The minimum Gasteiger partial charge on any atom is -0.396 e. The largest absolute Gasteiger partial charge is 0.396 e. The van der Waals surface area contributed by atoms with Gasteiger partial charge in [-0.2, -0.15) is 0 Å². The molecule has 18 heavy (non-hydrogen) atoms. The van der Waals surface area contributed by atoms with E-state index in [2.05, 4.69) is 42.5 Å². The minimum absolute atomic E-state index is 0.0369. The van der Waals surface area contributed by atoms with Gasteiger partial charge in [-0.05, 0) is 29.2 Å². The number of ether oxygens (including phenoxy) is 1. The average Bonchev–Trinajstić information content (AvgIpc) is 2.46. The number of hydrogen-bond acceptors (Lipinski definition) is 2. The van der Waals surface area contributed by atoms with Crippen molar-refractivity contribution in [1.29, 1.82) is 0 Å². The van der Waals surface area contributed by atoms with Crippen molar-refractivity contribution >= 4 is 10.8 Å². The Bertz CT molecular complexity index is 530. The molecule has 2 aromatic rings. The molecular formula is C16H18O2. The minimum atomic E-state index is 0.0369. The monoisotopic (exact) mass is 242 g/mol. The molecule has 0 aromatic heterocycles. The zero-order valence-electron chi connectivity index (χ0n) is 10.4. The molecule has 0 spiro atoms. The molecule has 3 rings (SSSR count). The smallest absolute Gasteiger partial charge is 0.0880 e. The Kier molecular flexibility index (Phi) is 3.31. The van der Waals surface area contributed by atoms with Crippen molar-refractivity contribution in [3.63, 3.8) is 0 Å². The molecule has 2 heteroatoms. The van der Waals surface area contributed by atoms with Gasteiger partial charge in [0.15, 0.2) is 0 Å². The molecule has 2 aromatic carbocycles. The van der Waals surface area contributed by atoms with Crippen LogP contribution >= 0.6 is 0 Å². The zero-order chi connectivity index (χ0) is 12.4. The van der Waals surface area contributed by atoms with E-state index in [-0.39, 0.29) is 18.6 Å². The first-order valence-corrected chi connectivity index (χ1v) is 6.60. The summed E-state index contributed by atoms with van der Waals surface area (Å²) in [5.74, 6) is 0.226. The van der Waals surface area contributed by atoms with E-state index in [1.54, 1.807) is 0 Å². The van der Waals surface area contributed by atoms with Crippen LogP contribution in [-0.2, 0) is 4.74 Å². The van der Waals surface area contributed by atoms with E-state index < -0.39 is 0 Å². The first kappa shape index (κ1) is 11.7. The predicted molar refractivity (Wildman–Crippen MR) is 72.5 cm³/mol. The molecule has 1 N–H and O–H groups in total. The van der Waals surface area contributed by atoms with Crippen LogP contribution in [-0.4, -0.2) is 18.3 Å². The van der Waals surface area contributed by atoms with Crippen LogP contribution in [0, 0.1) is 5.92 Å². The van der Waals surface area contributed by atoms with Crippen molar-refractivity contribution in [3.05, 3.63) is 48.0 Å². The summed E-state index contributed by atoms with van der Waals surface area (Å²) in [7, 11) is 0. The van der Waals surface area contributed by atoms with E-state index in [9.17, 15) is 5.11 Å². The molecule has 1 aliphatic rings. The lowest BCUT2D eigenvalue weighted by molar-refractivity contribution is -0.0449. The molecule has 0 saturated carbocycles. The van der Waals surface area contributed by atoms with Crippen LogP contribution in [0.5, 0.6) is 0 Å². The van der Waals surface area contributed by atoms with E-state index in [1.165, 1.54) is 16.3 Å². The Labute approximate surface area is 107 Å². The van der Waals surface area contributed by atoms with Gasteiger partial charge in [0, 0.05) is 19.1 Å². The number of benzene rings is 2. The molecule has 2 unspecified atom stereocenters. The Morgan fingerprint density at radius 1 is 1.11 bits per heavy atom. The van der Waals surface area contributed by atoms with Crippen molar-refractivity contribution < 1.29 is 9.84 Å². The summed E-state index contributed by atoms with van der Waals surface area (Å²) in [5, 5.41) is 12.0. The average molecular weight is 242 g/mol. The fraction of sp³-hybridized carbons (Fsp3) is 0.375. The van der Waals surface area contributed by atoms with Gasteiger partial charge in [-0.25, -0.2) is 0 Å². The SMILES string of the molecule is OCC1CCCOC1c1cccc2ccccc12. The molecule has 0 aliphatic carbocycles. The molecule has 94 valence electrons. The molecule has 0 radical (unpaired) electrons. The highest BCUT2D eigenvalue weighted by molar-refractivity contribution is 5.86. The van der Waals surface area contributed by atoms with Gasteiger partial charge in [0.2, 0.25) is 0 Å². The summed E-state index contributed by atoms with van der Waals surface area (Å²) in [6.45, 7) is 0.998. The van der Waals surface area contributed by atoms with Gasteiger partial charge in [0.1, 0.15) is 0 Å². The zero-order valence-corrected chi connectivity index (χ0v) is 10.4. The van der Waals surface area contributed by atoms with Gasteiger partial charge in [-0.1, -0.05) is 42.5 Å². The van der Waals surface area contributed by atoms with Gasteiger partial charge < -0.3 is 9.84 Å². The van der Waals surface area contributed by atoms with Crippen LogP contribution in [0.2, 0.25) is 0 Å². The van der Waals surface area contributed by atoms with E-state index in [0.29, 0.717) is 0 Å². The van der Waals surface area contributed by atoms with Crippen LogP contribution < -0.4 is 0 Å². The lowest BCUT2D eigenvalue weighted by Crippen LogP contribution is -2.25. The van der Waals surface area contributed by atoms with Crippen molar-refractivity contribution in [2.24, 2.45) is 5.92 Å². The molecule has 1 fully saturated rings. The summed E-state index contributed by atoms with van der Waals surface area (Å²) in [6.07, 6.45) is 2.13. The van der Waals surface area contributed by atoms with E-state index >= 15 is 0 Å². The number of fused-ring (bicyclic) bond motifs is 1. The number of rotatable bonds is 2. The summed E-state index contributed by atoms with van der Waals surface area (Å²) in [4.78, 5) is 0. The van der Waals surface area contributed by atoms with Crippen LogP contribution in [0.25, 0.3) is 10.8 Å². The Morgan fingerprint density at radius 3 is 2.83 bits per heavy atom. The number of aliphatic hydroxyl groups excluding tert-OH is 1. The Hall–Kier alpha value is -1.38. The van der Waals surface area contributed by atoms with Crippen molar-refractivity contribution in [2.45, 2.75) is 18.9 Å². The maximum Gasteiger partial charge on any atom is 0.0880 e. The number of aliphatic hydroxyl groups is 1. The van der Waals surface area contributed by atoms with Crippen LogP contribution in [0.1, 0.15) is 24.5 Å². The van der Waals surface area contributed by atoms with E-state index in [1.807, 2.05) is 0 Å². The van der Waals surface area contributed by atoms with Crippen molar-refractivity contribution in [3.8, 4) is 0 Å². The highest BCUT2D eigenvalue weighted by Gasteiger charge is 2.27. The standard InChI is InChI=1S/C16H18O2/c17-11-13-7-4-10-18-16(13)15-9-3-6-12-5-1-2-8-14(12)15/h1-3,5-6,8-9,13,16-17H,4,7,10-11H2. The second kappa shape index (κ2) is 5.09. The van der Waals surface area contributed by atoms with Gasteiger partial charge in [-0.3, -0.25) is 0 Å². The molecule has 0 bridgehead atoms. The van der Waals surface area contributed by atoms with Gasteiger partial charge >= 0.3 is 0 Å². The predicted octanol–water partition coefficient (Wildman–Crippen LogP) is 3.30. The fourth-order valence-electron chi connectivity index (χ4n) is 2.87. The van der Waals surface area contributed by atoms with E-state index in [4.69, 9.17) is 4.74 Å². The quantitative estimate of drug-likeness (QED) is 0.875. The van der Waals surface area contributed by atoms with Crippen LogP contribution in [0.3, 0.4) is 0 Å². The topological polar surface area (TPSA) is 29.5 Å². The summed E-state index contributed by atoms with van der Waals surface area (Å²) in [5.41, 5.74) is 1.21. The van der Waals surface area contributed by atoms with Crippen LogP contribution in [0.15, 0.2) is 42.5 Å². The highest BCUT2D eigenvalue weighted by Crippen LogP contribution is 2.36. The van der Waals surface area contributed by atoms with Gasteiger partial charge in [-0.15, -0.1) is 0 Å². The lowest BCUT2D eigenvalue weighted by Gasteiger charge is -2.31. The van der Waals surface area contributed by atoms with Gasteiger partial charge in [0.05, 0.1) is 6.10 Å². The normalized spacial score (nSPS) is 24.3. The molecule has 0 amide bonds. The highest BCUT2D eigenvalue weighted by atomic mass is 16.5. The second-order valence-corrected chi connectivity index (χ2v) is 4.94. The third-order valence-electron chi connectivity index (χ3n) is 3.81. The van der Waals surface area contributed by atoms with Crippen LogP contribution in [0.4, 0.5) is 0 Å². The number of hydrogen-bond donors (Lipinski definition) is 1. The summed E-state index contributed by atoms with van der Waals surface area (Å²) in [6, 6.07) is 14.7. The molecular weight excluding hydrogens is 224 g/mol. The van der Waals surface area contributed by atoms with E-state index in [0.717, 1.165) is 19.4 Å². The fourth-order valence-corrected chi connectivity index (χ4v) is 2.87. The van der Waals surface area contributed by atoms with Crippen molar-refractivity contribution in [1.82, 2.24) is 0 Å². The molecule has 1 heterocycles. The third kappa shape index (κ3) is 2.02. The molecule has 2 nitrogen and oxygen atoms in total. The Morgan fingerprint density at radius 2 is 1.94 bits per heavy atom. The Balaban J connectivity index is 2.07. The molecule has 1 saturated heterocycles. The first-order valence-electron chi connectivity index (χ1n) is 6.60. The maximum atomic E-state index is 9.51. The van der Waals surface area contributed by atoms with Gasteiger partial charge in [0.25, 0.3) is 0 Å². The third-order valence-corrected chi connectivity index (χ3v) is 3.81.